The molecule has 0 amide bonds. The molecule has 1 N–H and O–H groups in total. The molecule has 0 spiro atoms. The molecule has 2 unspecified atom stereocenters. The lowest BCUT2D eigenvalue weighted by atomic mass is 9.81. The third-order valence-electron chi connectivity index (χ3n) is 3.18. The van der Waals surface area contributed by atoms with Gasteiger partial charge >= 0.3 is 0 Å². The van der Waals surface area contributed by atoms with Gasteiger partial charge in [0.15, 0.2) is 0 Å². The van der Waals surface area contributed by atoms with Crippen LogP contribution in [0.2, 0.25) is 0 Å². The van der Waals surface area contributed by atoms with Crippen LogP contribution < -0.4 is 5.32 Å². The van der Waals surface area contributed by atoms with Crippen molar-refractivity contribution >= 4 is 0 Å². The largest absolute Gasteiger partial charge is 0.317 e. The summed E-state index contributed by atoms with van der Waals surface area (Å²) >= 11 is 0. The zero-order valence-corrected chi connectivity index (χ0v) is 8.68. The van der Waals surface area contributed by atoms with Crippen LogP contribution in [-0.4, -0.2) is 13.1 Å². The van der Waals surface area contributed by atoms with Gasteiger partial charge in [0.1, 0.15) is 0 Å². The van der Waals surface area contributed by atoms with E-state index < -0.39 is 0 Å². The number of terminal acetylenes is 1. The van der Waals surface area contributed by atoms with Crippen molar-refractivity contribution in [2.45, 2.75) is 51.0 Å². The molecule has 0 aromatic carbocycles. The summed E-state index contributed by atoms with van der Waals surface area (Å²) in [4.78, 5) is 0. The van der Waals surface area contributed by atoms with Gasteiger partial charge in [-0.1, -0.05) is 12.8 Å². The summed E-state index contributed by atoms with van der Waals surface area (Å²) in [6.07, 6.45) is 14.3. The summed E-state index contributed by atoms with van der Waals surface area (Å²) in [5.74, 6) is 3.60. The summed E-state index contributed by atoms with van der Waals surface area (Å²) in [7, 11) is 2.09. The average molecular weight is 179 g/mol. The predicted molar refractivity (Wildman–Crippen MR) is 57.5 cm³/mol. The second kappa shape index (κ2) is 6.05. The van der Waals surface area contributed by atoms with Gasteiger partial charge in [0, 0.05) is 12.5 Å². The summed E-state index contributed by atoms with van der Waals surface area (Å²) in [6, 6.07) is 0.756. The van der Waals surface area contributed by atoms with Gasteiger partial charge in [0.2, 0.25) is 0 Å². The minimum atomic E-state index is 0.756. The van der Waals surface area contributed by atoms with Crippen LogP contribution in [-0.2, 0) is 0 Å². The minimum Gasteiger partial charge on any atom is -0.317 e. The molecular weight excluding hydrogens is 158 g/mol. The second-order valence-electron chi connectivity index (χ2n) is 4.04. The maximum Gasteiger partial charge on any atom is 0.00923 e. The second-order valence-corrected chi connectivity index (χ2v) is 4.04. The smallest absolute Gasteiger partial charge is 0.00923 e. The van der Waals surface area contributed by atoms with E-state index in [9.17, 15) is 0 Å². The highest BCUT2D eigenvalue weighted by Gasteiger charge is 2.22. The Bertz CT molecular complexity index is 168. The third-order valence-corrected chi connectivity index (χ3v) is 3.18. The molecule has 13 heavy (non-hydrogen) atoms. The van der Waals surface area contributed by atoms with Gasteiger partial charge in [0.25, 0.3) is 0 Å². The van der Waals surface area contributed by atoms with Crippen molar-refractivity contribution in [3.63, 3.8) is 0 Å². The first-order valence-electron chi connectivity index (χ1n) is 5.49. The first-order valence-corrected chi connectivity index (χ1v) is 5.49. The summed E-state index contributed by atoms with van der Waals surface area (Å²) in [5.41, 5.74) is 0. The van der Waals surface area contributed by atoms with Gasteiger partial charge in [-0.05, 0) is 38.6 Å². The number of rotatable bonds is 4. The Morgan fingerprint density at radius 3 is 2.85 bits per heavy atom. The standard InChI is InChI=1S/C12H21N/c1-3-4-5-8-11-9-6-7-10-12(11)13-2/h1,11-13H,4-10H2,2H3. The Hall–Kier alpha value is -0.480. The normalized spacial score (nSPS) is 28.3. The molecule has 1 rings (SSSR count). The van der Waals surface area contributed by atoms with E-state index in [-0.39, 0.29) is 0 Å². The molecule has 1 aliphatic carbocycles. The van der Waals surface area contributed by atoms with E-state index >= 15 is 0 Å². The fraction of sp³-hybridized carbons (Fsp3) is 0.833. The molecule has 0 heterocycles. The molecule has 0 aliphatic heterocycles. The molecule has 1 fully saturated rings. The molecule has 1 aliphatic rings. The zero-order valence-electron chi connectivity index (χ0n) is 8.68. The molecule has 0 saturated heterocycles. The van der Waals surface area contributed by atoms with Crippen molar-refractivity contribution in [3.8, 4) is 12.3 Å². The number of hydrogen-bond donors (Lipinski definition) is 1. The number of unbranched alkanes of at least 4 members (excludes halogenated alkanes) is 1. The first kappa shape index (κ1) is 10.6. The molecule has 1 nitrogen and oxygen atoms in total. The van der Waals surface area contributed by atoms with Gasteiger partial charge < -0.3 is 5.32 Å². The maximum atomic E-state index is 5.25. The van der Waals surface area contributed by atoms with Gasteiger partial charge in [0.05, 0.1) is 0 Å². The quantitative estimate of drug-likeness (QED) is 0.516. The lowest BCUT2D eigenvalue weighted by Gasteiger charge is -2.31. The lowest BCUT2D eigenvalue weighted by Crippen LogP contribution is -2.36. The Balaban J connectivity index is 2.24. The van der Waals surface area contributed by atoms with Crippen LogP contribution in [0.15, 0.2) is 0 Å². The number of hydrogen-bond acceptors (Lipinski definition) is 1. The van der Waals surface area contributed by atoms with Crippen LogP contribution in [0.3, 0.4) is 0 Å². The van der Waals surface area contributed by atoms with E-state index in [1.54, 1.807) is 0 Å². The molecule has 0 bridgehead atoms. The van der Waals surface area contributed by atoms with Gasteiger partial charge in [-0.25, -0.2) is 0 Å². The highest BCUT2D eigenvalue weighted by Crippen LogP contribution is 2.28. The molecule has 1 heteroatoms. The Morgan fingerprint density at radius 1 is 1.38 bits per heavy atom. The fourth-order valence-corrected chi connectivity index (χ4v) is 2.40. The molecule has 0 aromatic heterocycles. The first-order chi connectivity index (χ1) is 6.38. The Labute approximate surface area is 82.3 Å². The van der Waals surface area contributed by atoms with E-state index in [0.717, 1.165) is 18.4 Å². The zero-order chi connectivity index (χ0) is 9.52. The van der Waals surface area contributed by atoms with E-state index in [1.165, 1.54) is 38.5 Å². The van der Waals surface area contributed by atoms with Crippen LogP contribution in [0, 0.1) is 18.3 Å². The molecular formula is C12H21N. The van der Waals surface area contributed by atoms with Crippen LogP contribution in [0.25, 0.3) is 0 Å². The minimum absolute atomic E-state index is 0.756. The highest BCUT2D eigenvalue weighted by molar-refractivity contribution is 4.85. The third kappa shape index (κ3) is 3.40. The van der Waals surface area contributed by atoms with E-state index in [2.05, 4.69) is 18.3 Å². The van der Waals surface area contributed by atoms with Crippen molar-refractivity contribution in [2.24, 2.45) is 5.92 Å². The van der Waals surface area contributed by atoms with Crippen molar-refractivity contribution in [2.75, 3.05) is 7.05 Å². The van der Waals surface area contributed by atoms with E-state index in [4.69, 9.17) is 6.42 Å². The monoisotopic (exact) mass is 179 g/mol. The molecule has 0 aromatic rings. The van der Waals surface area contributed by atoms with Gasteiger partial charge in [-0.3, -0.25) is 0 Å². The molecule has 2 atom stereocenters. The van der Waals surface area contributed by atoms with E-state index in [1.807, 2.05) is 0 Å². The van der Waals surface area contributed by atoms with Crippen LogP contribution in [0.4, 0.5) is 0 Å². The topological polar surface area (TPSA) is 12.0 Å². The highest BCUT2D eigenvalue weighted by atomic mass is 14.9. The predicted octanol–water partition coefficient (Wildman–Crippen LogP) is 2.57. The average Bonchev–Trinajstić information content (AvgIpc) is 2.19. The van der Waals surface area contributed by atoms with Crippen molar-refractivity contribution in [1.29, 1.82) is 0 Å². The summed E-state index contributed by atoms with van der Waals surface area (Å²) in [5, 5.41) is 3.43. The Kier molecular flexibility index (Phi) is 4.93. The summed E-state index contributed by atoms with van der Waals surface area (Å²) in [6.45, 7) is 0. The molecule has 74 valence electrons. The van der Waals surface area contributed by atoms with Crippen molar-refractivity contribution in [1.82, 2.24) is 5.32 Å². The van der Waals surface area contributed by atoms with Crippen molar-refractivity contribution < 1.29 is 0 Å². The van der Waals surface area contributed by atoms with Crippen LogP contribution in [0.1, 0.15) is 44.9 Å². The Morgan fingerprint density at radius 2 is 2.15 bits per heavy atom. The van der Waals surface area contributed by atoms with Crippen LogP contribution in [0.5, 0.6) is 0 Å². The number of nitrogens with one attached hydrogen (secondary N) is 1. The van der Waals surface area contributed by atoms with Gasteiger partial charge in [-0.2, -0.15) is 0 Å². The summed E-state index contributed by atoms with van der Waals surface area (Å²) < 4.78 is 0. The lowest BCUT2D eigenvalue weighted by molar-refractivity contribution is 0.257. The maximum absolute atomic E-state index is 5.25. The van der Waals surface area contributed by atoms with Gasteiger partial charge in [-0.15, -0.1) is 12.3 Å². The van der Waals surface area contributed by atoms with Crippen LogP contribution >= 0.6 is 0 Å². The van der Waals surface area contributed by atoms with Crippen molar-refractivity contribution in [3.05, 3.63) is 0 Å². The van der Waals surface area contributed by atoms with E-state index in [0.29, 0.717) is 0 Å². The molecule has 1 saturated carbocycles. The molecule has 0 radical (unpaired) electrons. The SMILES string of the molecule is C#CCCCC1CCCCC1NC. The fourth-order valence-electron chi connectivity index (χ4n) is 2.40.